The van der Waals surface area contributed by atoms with Crippen LogP contribution >= 0.6 is 23.5 Å². The van der Waals surface area contributed by atoms with Crippen LogP contribution in [-0.4, -0.2) is 11.0 Å². The summed E-state index contributed by atoms with van der Waals surface area (Å²) >= 11 is 7.00. The van der Waals surface area contributed by atoms with E-state index in [4.69, 9.17) is 16.7 Å². The monoisotopic (exact) mass is 306 g/mol. The summed E-state index contributed by atoms with van der Waals surface area (Å²) in [6.07, 6.45) is 0. The molecule has 0 saturated carbocycles. The molecule has 0 bridgehead atoms. The molecule has 0 aromatic heterocycles. The van der Waals surface area contributed by atoms with Gasteiger partial charge in [0.05, 0.1) is 5.02 Å². The predicted octanol–water partition coefficient (Wildman–Crippen LogP) is 2.24. The number of carbonyl (C=O) groups is 1. The summed E-state index contributed by atoms with van der Waals surface area (Å²) in [7, 11) is 0. The molecule has 20 heavy (non-hydrogen) atoms. The van der Waals surface area contributed by atoms with E-state index in [0.717, 1.165) is 11.9 Å². The summed E-state index contributed by atoms with van der Waals surface area (Å²) in [5, 5.41) is 19.5. The number of hydrogen-bond donors (Lipinski definition) is 3. The second-order valence-corrected chi connectivity index (χ2v) is 5.56. The molecule has 1 unspecified atom stereocenters. The first kappa shape index (κ1) is 13.5. The van der Waals surface area contributed by atoms with E-state index in [1.54, 1.807) is 42.5 Å². The minimum atomic E-state index is -1.55. The number of halogens is 1. The molecule has 4 nitrogen and oxygen atoms in total. The van der Waals surface area contributed by atoms with Crippen LogP contribution in [0.25, 0.3) is 0 Å². The molecular weight excluding hydrogens is 296 g/mol. The van der Waals surface area contributed by atoms with Crippen molar-refractivity contribution in [3.05, 3.63) is 64.2 Å². The van der Waals surface area contributed by atoms with E-state index in [2.05, 4.69) is 5.32 Å². The largest absolute Gasteiger partial charge is 0.363 e. The molecule has 4 N–H and O–H groups in total. The van der Waals surface area contributed by atoms with Crippen LogP contribution in [0.1, 0.15) is 21.5 Å². The lowest BCUT2D eigenvalue weighted by molar-refractivity contribution is 0.0474. The van der Waals surface area contributed by atoms with Crippen molar-refractivity contribution in [1.82, 2.24) is 5.32 Å². The van der Waals surface area contributed by atoms with Crippen molar-refractivity contribution < 1.29 is 9.90 Å². The first-order chi connectivity index (χ1) is 9.56. The lowest BCUT2D eigenvalue weighted by atomic mass is 9.94. The van der Waals surface area contributed by atoms with Crippen LogP contribution in [0.15, 0.2) is 47.4 Å². The average molecular weight is 307 g/mol. The number of nitrogens with one attached hydrogen (secondary N) is 1. The maximum atomic E-state index is 11.9. The molecule has 2 aromatic rings. The first-order valence-electron chi connectivity index (χ1n) is 5.87. The van der Waals surface area contributed by atoms with Gasteiger partial charge >= 0.3 is 0 Å². The van der Waals surface area contributed by atoms with Crippen LogP contribution < -0.4 is 10.5 Å². The average Bonchev–Trinajstić information content (AvgIpc) is 2.73. The second kappa shape index (κ2) is 4.79. The predicted molar refractivity (Wildman–Crippen MR) is 78.4 cm³/mol. The number of aliphatic hydroxyl groups is 1. The van der Waals surface area contributed by atoms with E-state index < -0.39 is 5.72 Å². The normalized spacial score (nSPS) is 20.6. The van der Waals surface area contributed by atoms with Crippen molar-refractivity contribution in [2.75, 3.05) is 0 Å². The van der Waals surface area contributed by atoms with Crippen molar-refractivity contribution in [3.63, 3.8) is 0 Å². The smallest absolute Gasteiger partial charge is 0.254 e. The minimum absolute atomic E-state index is 0.306. The van der Waals surface area contributed by atoms with Gasteiger partial charge in [0.25, 0.3) is 5.91 Å². The summed E-state index contributed by atoms with van der Waals surface area (Å²) in [5.41, 5.74) is -0.0386. The quantitative estimate of drug-likeness (QED) is 0.744. The van der Waals surface area contributed by atoms with Gasteiger partial charge in [-0.2, -0.15) is 0 Å². The molecule has 2 aromatic carbocycles. The fraction of sp³-hybridized carbons (Fsp3) is 0.0714. The van der Waals surface area contributed by atoms with Crippen LogP contribution in [0.5, 0.6) is 0 Å². The van der Waals surface area contributed by atoms with Crippen LogP contribution in [0.2, 0.25) is 5.02 Å². The molecule has 3 rings (SSSR count). The van der Waals surface area contributed by atoms with Gasteiger partial charge in [-0.15, -0.1) is 0 Å². The highest BCUT2D eigenvalue weighted by Crippen LogP contribution is 2.37. The molecule has 6 heteroatoms. The third-order valence-electron chi connectivity index (χ3n) is 3.33. The zero-order chi connectivity index (χ0) is 14.3. The molecule has 0 aliphatic carbocycles. The van der Waals surface area contributed by atoms with Gasteiger partial charge in [0, 0.05) is 21.6 Å². The molecule has 0 fully saturated rings. The molecule has 1 aliphatic heterocycles. The second-order valence-electron chi connectivity index (χ2n) is 4.47. The van der Waals surface area contributed by atoms with Gasteiger partial charge in [0.2, 0.25) is 0 Å². The number of fused-ring (bicyclic) bond motifs is 1. The fourth-order valence-corrected chi connectivity index (χ4v) is 2.97. The molecular formula is C14H11ClN2O2S. The Balaban J connectivity index is 2.17. The highest BCUT2D eigenvalue weighted by atomic mass is 35.5. The standard InChI is InChI=1S/C14H11ClN2O2S/c15-11-6-5-8(7-12(11)20-16)14(19)10-4-2-1-3-9(10)13(18)17-14/h1-7,19H,16H2,(H,17,18). The van der Waals surface area contributed by atoms with Gasteiger partial charge in [0.15, 0.2) is 5.72 Å². The van der Waals surface area contributed by atoms with E-state index in [1.807, 2.05) is 0 Å². The number of nitrogens with two attached hydrogens (primary N) is 1. The number of amides is 1. The van der Waals surface area contributed by atoms with Gasteiger partial charge in [-0.3, -0.25) is 9.93 Å². The Morgan fingerprint density at radius 1 is 1.25 bits per heavy atom. The molecule has 1 heterocycles. The first-order valence-corrected chi connectivity index (χ1v) is 7.13. The molecule has 1 aliphatic rings. The molecule has 1 atom stereocenters. The van der Waals surface area contributed by atoms with E-state index in [1.165, 1.54) is 0 Å². The van der Waals surface area contributed by atoms with Crippen molar-refractivity contribution in [2.45, 2.75) is 10.6 Å². The number of carbonyl (C=O) groups excluding carboxylic acids is 1. The van der Waals surface area contributed by atoms with Crippen molar-refractivity contribution in [1.29, 1.82) is 0 Å². The molecule has 0 spiro atoms. The Morgan fingerprint density at radius 3 is 2.75 bits per heavy atom. The minimum Gasteiger partial charge on any atom is -0.363 e. The maximum absolute atomic E-state index is 11.9. The van der Waals surface area contributed by atoms with Crippen molar-refractivity contribution >= 4 is 29.5 Å². The number of rotatable bonds is 2. The lowest BCUT2D eigenvalue weighted by Crippen LogP contribution is -2.40. The fourth-order valence-electron chi connectivity index (χ4n) is 2.34. The van der Waals surface area contributed by atoms with Gasteiger partial charge in [-0.05, 0) is 30.1 Å². The topological polar surface area (TPSA) is 75.3 Å². The SMILES string of the molecule is NSc1cc(C2(O)NC(=O)c3ccccc32)ccc1Cl. The summed E-state index contributed by atoms with van der Waals surface area (Å²) < 4.78 is 0. The van der Waals surface area contributed by atoms with Crippen LogP contribution in [-0.2, 0) is 5.72 Å². The summed E-state index contributed by atoms with van der Waals surface area (Å²) in [6, 6.07) is 11.9. The Morgan fingerprint density at radius 2 is 2.00 bits per heavy atom. The third-order valence-corrected chi connectivity index (χ3v) is 4.37. The van der Waals surface area contributed by atoms with Crippen LogP contribution in [0.4, 0.5) is 0 Å². The zero-order valence-electron chi connectivity index (χ0n) is 10.3. The Labute approximate surface area is 125 Å². The van der Waals surface area contributed by atoms with Crippen LogP contribution in [0.3, 0.4) is 0 Å². The van der Waals surface area contributed by atoms with E-state index in [9.17, 15) is 9.90 Å². The number of hydrogen-bond acceptors (Lipinski definition) is 4. The van der Waals surface area contributed by atoms with Crippen LogP contribution in [0, 0.1) is 0 Å². The maximum Gasteiger partial charge on any atom is 0.254 e. The van der Waals surface area contributed by atoms with E-state index in [0.29, 0.717) is 26.6 Å². The Bertz CT molecular complexity index is 707. The Hall–Kier alpha value is -1.53. The highest BCUT2D eigenvalue weighted by Gasteiger charge is 2.42. The number of benzene rings is 2. The summed E-state index contributed by atoms with van der Waals surface area (Å²) in [5.74, 6) is -0.306. The third kappa shape index (κ3) is 1.91. The van der Waals surface area contributed by atoms with Crippen molar-refractivity contribution in [3.8, 4) is 0 Å². The highest BCUT2D eigenvalue weighted by molar-refractivity contribution is 7.97. The van der Waals surface area contributed by atoms with E-state index >= 15 is 0 Å². The lowest BCUT2D eigenvalue weighted by Gasteiger charge is -2.25. The van der Waals surface area contributed by atoms with Gasteiger partial charge < -0.3 is 10.4 Å². The van der Waals surface area contributed by atoms with Gasteiger partial charge in [0.1, 0.15) is 0 Å². The molecule has 1 amide bonds. The summed E-state index contributed by atoms with van der Waals surface area (Å²) in [6.45, 7) is 0. The molecule has 0 saturated heterocycles. The zero-order valence-corrected chi connectivity index (χ0v) is 11.8. The van der Waals surface area contributed by atoms with E-state index in [-0.39, 0.29) is 5.91 Å². The summed E-state index contributed by atoms with van der Waals surface area (Å²) in [4.78, 5) is 12.6. The Kier molecular flexibility index (Phi) is 3.22. The molecule has 102 valence electrons. The van der Waals surface area contributed by atoms with Gasteiger partial charge in [-0.25, -0.2) is 0 Å². The van der Waals surface area contributed by atoms with Crippen molar-refractivity contribution in [2.24, 2.45) is 5.14 Å². The van der Waals surface area contributed by atoms with Gasteiger partial charge in [-0.1, -0.05) is 35.9 Å². The molecule has 0 radical (unpaired) electrons.